The molecule has 162 valence electrons. The van der Waals surface area contributed by atoms with Crippen molar-refractivity contribution in [2.45, 2.75) is 104 Å². The molecule has 0 aromatic rings. The quantitative estimate of drug-likeness (QED) is 0.236. The van der Waals surface area contributed by atoms with E-state index in [1.807, 2.05) is 26.0 Å². The molecule has 0 aromatic heterocycles. The van der Waals surface area contributed by atoms with Crippen LogP contribution in [-0.4, -0.2) is 29.6 Å². The number of allylic oxidation sites excluding steroid dienone is 1. The molecule has 0 aliphatic heterocycles. The molecule has 0 aromatic carbocycles. The van der Waals surface area contributed by atoms with E-state index in [-0.39, 0.29) is 12.5 Å². The number of aliphatic hydroxyl groups excluding tert-OH is 1. The van der Waals surface area contributed by atoms with Crippen molar-refractivity contribution in [3.8, 4) is 0 Å². The third kappa shape index (κ3) is 8.46. The van der Waals surface area contributed by atoms with E-state index >= 15 is 0 Å². The SMILES string of the molecule is CCCCCCCC[C@H]1CCC(=O)[C@@H]1CCC=CC(C)(C)C(O)C(=O)OCC. The van der Waals surface area contributed by atoms with Crippen LogP contribution < -0.4 is 0 Å². The Kier molecular flexibility index (Phi) is 11.7. The van der Waals surface area contributed by atoms with Gasteiger partial charge in [-0.3, -0.25) is 4.79 Å². The standard InChI is InChI=1S/C24H42O4/c1-5-7-8-9-10-11-14-19-16-17-21(25)20(19)15-12-13-18-24(3,4)22(26)23(27)28-6-2/h13,18-20,22,26H,5-12,14-17H2,1-4H3/t19-,20+,22?/m0/s1. The third-order valence-corrected chi connectivity index (χ3v) is 6.08. The fourth-order valence-electron chi connectivity index (χ4n) is 4.19. The first-order valence-corrected chi connectivity index (χ1v) is 11.4. The number of esters is 1. The summed E-state index contributed by atoms with van der Waals surface area (Å²) in [4.78, 5) is 24.0. The minimum absolute atomic E-state index is 0.193. The van der Waals surface area contributed by atoms with Gasteiger partial charge < -0.3 is 9.84 Å². The molecular weight excluding hydrogens is 352 g/mol. The summed E-state index contributed by atoms with van der Waals surface area (Å²) < 4.78 is 4.91. The monoisotopic (exact) mass is 394 g/mol. The molecule has 0 spiro atoms. The number of unbranched alkanes of at least 4 members (excludes halogenated alkanes) is 5. The predicted molar refractivity (Wildman–Crippen MR) is 114 cm³/mol. The van der Waals surface area contributed by atoms with Crippen molar-refractivity contribution in [3.63, 3.8) is 0 Å². The number of ether oxygens (including phenoxy) is 1. The van der Waals surface area contributed by atoms with Crippen LogP contribution >= 0.6 is 0 Å². The Balaban J connectivity index is 2.40. The Morgan fingerprint density at radius 1 is 1.18 bits per heavy atom. The van der Waals surface area contributed by atoms with Crippen molar-refractivity contribution in [1.29, 1.82) is 0 Å². The second kappa shape index (κ2) is 13.1. The fraction of sp³-hybridized carbons (Fsp3) is 0.833. The zero-order valence-corrected chi connectivity index (χ0v) is 18.5. The van der Waals surface area contributed by atoms with Crippen molar-refractivity contribution in [3.05, 3.63) is 12.2 Å². The summed E-state index contributed by atoms with van der Waals surface area (Å²) in [5.41, 5.74) is -0.677. The molecule has 0 radical (unpaired) electrons. The molecule has 0 saturated heterocycles. The highest BCUT2D eigenvalue weighted by Gasteiger charge is 2.34. The Labute approximate surface area is 172 Å². The normalized spacial score (nSPS) is 21.4. The second-order valence-corrected chi connectivity index (χ2v) is 8.88. The molecule has 1 N–H and O–H groups in total. The van der Waals surface area contributed by atoms with Gasteiger partial charge in [0, 0.05) is 17.8 Å². The number of Topliss-reactive ketones (excluding diaryl/α,β-unsaturated/α-hetero) is 1. The molecule has 3 atom stereocenters. The molecule has 1 rings (SSSR count). The summed E-state index contributed by atoms with van der Waals surface area (Å²) in [7, 11) is 0. The highest BCUT2D eigenvalue weighted by molar-refractivity contribution is 5.83. The van der Waals surface area contributed by atoms with Crippen molar-refractivity contribution >= 4 is 11.8 Å². The molecule has 1 fully saturated rings. The lowest BCUT2D eigenvalue weighted by atomic mass is 9.84. The molecular formula is C24H42O4. The van der Waals surface area contributed by atoms with Gasteiger partial charge in [-0.15, -0.1) is 0 Å². The van der Waals surface area contributed by atoms with Crippen LogP contribution in [0.4, 0.5) is 0 Å². The van der Waals surface area contributed by atoms with E-state index in [2.05, 4.69) is 6.92 Å². The number of aliphatic hydroxyl groups is 1. The smallest absolute Gasteiger partial charge is 0.335 e. The molecule has 0 bridgehead atoms. The van der Waals surface area contributed by atoms with Gasteiger partial charge in [-0.2, -0.15) is 0 Å². The summed E-state index contributed by atoms with van der Waals surface area (Å²) in [6.45, 7) is 7.88. The zero-order valence-electron chi connectivity index (χ0n) is 18.5. The van der Waals surface area contributed by atoms with Crippen LogP contribution in [-0.2, 0) is 14.3 Å². The van der Waals surface area contributed by atoms with Gasteiger partial charge in [-0.1, -0.05) is 71.4 Å². The Hall–Kier alpha value is -1.16. The molecule has 4 heteroatoms. The first-order chi connectivity index (χ1) is 13.3. The average Bonchev–Trinajstić information content (AvgIpc) is 3.01. The fourth-order valence-corrected chi connectivity index (χ4v) is 4.19. The van der Waals surface area contributed by atoms with Gasteiger partial charge in [-0.25, -0.2) is 4.79 Å². The van der Waals surface area contributed by atoms with E-state index in [0.717, 1.165) is 25.7 Å². The largest absolute Gasteiger partial charge is 0.464 e. The molecule has 1 saturated carbocycles. The lowest BCUT2D eigenvalue weighted by Crippen LogP contribution is -2.36. The van der Waals surface area contributed by atoms with E-state index in [1.165, 1.54) is 44.9 Å². The van der Waals surface area contributed by atoms with E-state index in [0.29, 0.717) is 11.7 Å². The third-order valence-electron chi connectivity index (χ3n) is 6.08. The molecule has 4 nitrogen and oxygen atoms in total. The summed E-state index contributed by atoms with van der Waals surface area (Å²) in [5, 5.41) is 10.2. The topological polar surface area (TPSA) is 63.6 Å². The van der Waals surface area contributed by atoms with Gasteiger partial charge in [-0.05, 0) is 38.5 Å². The first-order valence-electron chi connectivity index (χ1n) is 11.4. The minimum Gasteiger partial charge on any atom is -0.464 e. The van der Waals surface area contributed by atoms with Crippen molar-refractivity contribution < 1.29 is 19.4 Å². The molecule has 0 heterocycles. The zero-order chi connectivity index (χ0) is 21.0. The predicted octanol–water partition coefficient (Wildman–Crippen LogP) is 5.62. The van der Waals surface area contributed by atoms with Crippen LogP contribution in [0.5, 0.6) is 0 Å². The highest BCUT2D eigenvalue weighted by Crippen LogP contribution is 2.36. The summed E-state index contributed by atoms with van der Waals surface area (Å²) in [6.07, 6.45) is 15.2. The molecule has 28 heavy (non-hydrogen) atoms. The number of ketones is 1. The van der Waals surface area contributed by atoms with Gasteiger partial charge in [0.1, 0.15) is 5.78 Å². The van der Waals surface area contributed by atoms with Gasteiger partial charge in [0.25, 0.3) is 0 Å². The van der Waals surface area contributed by atoms with Crippen LogP contribution in [0.25, 0.3) is 0 Å². The van der Waals surface area contributed by atoms with Crippen LogP contribution in [0, 0.1) is 17.3 Å². The van der Waals surface area contributed by atoms with Crippen LogP contribution in [0.2, 0.25) is 0 Å². The molecule has 0 amide bonds. The van der Waals surface area contributed by atoms with Crippen molar-refractivity contribution in [2.75, 3.05) is 6.61 Å². The van der Waals surface area contributed by atoms with Crippen LogP contribution in [0.15, 0.2) is 12.2 Å². The van der Waals surface area contributed by atoms with Crippen LogP contribution in [0.1, 0.15) is 98.3 Å². The van der Waals surface area contributed by atoms with Gasteiger partial charge in [0.2, 0.25) is 0 Å². The number of hydrogen-bond donors (Lipinski definition) is 1. The van der Waals surface area contributed by atoms with E-state index in [1.54, 1.807) is 6.92 Å². The summed E-state index contributed by atoms with van der Waals surface area (Å²) >= 11 is 0. The van der Waals surface area contributed by atoms with E-state index in [9.17, 15) is 14.7 Å². The second-order valence-electron chi connectivity index (χ2n) is 8.88. The number of hydrogen-bond acceptors (Lipinski definition) is 4. The lowest BCUT2D eigenvalue weighted by molar-refractivity contribution is -0.157. The molecule has 1 unspecified atom stereocenters. The average molecular weight is 395 g/mol. The van der Waals surface area contributed by atoms with Crippen molar-refractivity contribution in [1.82, 2.24) is 0 Å². The minimum atomic E-state index is -1.17. The maximum Gasteiger partial charge on any atom is 0.335 e. The Morgan fingerprint density at radius 2 is 1.86 bits per heavy atom. The number of rotatable bonds is 14. The van der Waals surface area contributed by atoms with Gasteiger partial charge in [0.05, 0.1) is 6.61 Å². The molecule has 1 aliphatic carbocycles. The van der Waals surface area contributed by atoms with Crippen LogP contribution in [0.3, 0.4) is 0 Å². The first kappa shape index (κ1) is 24.9. The highest BCUT2D eigenvalue weighted by atomic mass is 16.5. The van der Waals surface area contributed by atoms with Gasteiger partial charge >= 0.3 is 5.97 Å². The Bertz CT molecular complexity index is 495. The maximum absolute atomic E-state index is 12.3. The van der Waals surface area contributed by atoms with E-state index < -0.39 is 17.5 Å². The summed E-state index contributed by atoms with van der Waals surface area (Å²) in [5.74, 6) is 0.584. The van der Waals surface area contributed by atoms with Crippen molar-refractivity contribution in [2.24, 2.45) is 17.3 Å². The number of carbonyl (C=O) groups excluding carboxylic acids is 2. The number of carbonyl (C=O) groups is 2. The Morgan fingerprint density at radius 3 is 2.54 bits per heavy atom. The molecule has 1 aliphatic rings. The van der Waals surface area contributed by atoms with Gasteiger partial charge in [0.15, 0.2) is 6.10 Å². The van der Waals surface area contributed by atoms with E-state index in [4.69, 9.17) is 4.74 Å². The maximum atomic E-state index is 12.3. The summed E-state index contributed by atoms with van der Waals surface area (Å²) in [6, 6.07) is 0. The lowest BCUT2D eigenvalue weighted by Gasteiger charge is -2.25.